The third-order valence-electron chi connectivity index (χ3n) is 2.97. The Labute approximate surface area is 108 Å². The summed E-state index contributed by atoms with van der Waals surface area (Å²) >= 11 is 0. The molecular weight excluding hydrogens is 228 g/mol. The average Bonchev–Trinajstić information content (AvgIpc) is 2.38. The van der Waals surface area contributed by atoms with Crippen LogP contribution in [0.1, 0.15) is 44.1 Å². The molecule has 18 heavy (non-hydrogen) atoms. The van der Waals surface area contributed by atoms with Gasteiger partial charge in [-0.05, 0) is 31.4 Å². The van der Waals surface area contributed by atoms with Gasteiger partial charge in [-0.15, -0.1) is 10.2 Å². The largest absolute Gasteiger partial charge is 0.366 e. The van der Waals surface area contributed by atoms with Gasteiger partial charge >= 0.3 is 0 Å². The number of amides is 1. The maximum atomic E-state index is 11.3. The first kappa shape index (κ1) is 14.4. The van der Waals surface area contributed by atoms with Crippen LogP contribution in [0.5, 0.6) is 0 Å². The second-order valence-corrected chi connectivity index (χ2v) is 4.68. The highest BCUT2D eigenvalue weighted by atomic mass is 16.1. The summed E-state index contributed by atoms with van der Waals surface area (Å²) < 4.78 is 0. The molecule has 0 aliphatic rings. The van der Waals surface area contributed by atoms with E-state index in [-0.39, 0.29) is 5.91 Å². The van der Waals surface area contributed by atoms with Crippen molar-refractivity contribution < 1.29 is 4.79 Å². The van der Waals surface area contributed by atoms with Crippen molar-refractivity contribution in [2.75, 3.05) is 12.4 Å². The second-order valence-electron chi connectivity index (χ2n) is 4.68. The fraction of sp³-hybridized carbons (Fsp3) is 0.615. The standard InChI is InChI=1S/C13H22N4O/c1-5-9(2)8-10(3)15-12-7-6-11(16-17-12)13(18)14-4/h6-7,9-10H,5,8H2,1-4H3,(H,14,18)(H,15,17). The van der Waals surface area contributed by atoms with Crippen molar-refractivity contribution in [3.05, 3.63) is 17.8 Å². The molecule has 1 aromatic rings. The quantitative estimate of drug-likeness (QED) is 0.811. The maximum Gasteiger partial charge on any atom is 0.271 e. The highest BCUT2D eigenvalue weighted by Gasteiger charge is 2.09. The summed E-state index contributed by atoms with van der Waals surface area (Å²) in [5, 5.41) is 13.7. The van der Waals surface area contributed by atoms with Gasteiger partial charge in [0.2, 0.25) is 0 Å². The molecule has 5 nitrogen and oxygen atoms in total. The lowest BCUT2D eigenvalue weighted by molar-refractivity contribution is 0.0957. The summed E-state index contributed by atoms with van der Waals surface area (Å²) in [6, 6.07) is 3.80. The fourth-order valence-corrected chi connectivity index (χ4v) is 1.74. The molecule has 1 amide bonds. The van der Waals surface area contributed by atoms with Crippen molar-refractivity contribution in [2.24, 2.45) is 5.92 Å². The highest BCUT2D eigenvalue weighted by Crippen LogP contribution is 2.13. The molecule has 0 saturated heterocycles. The zero-order chi connectivity index (χ0) is 13.5. The van der Waals surface area contributed by atoms with Crippen LogP contribution in [0.4, 0.5) is 5.82 Å². The lowest BCUT2D eigenvalue weighted by Gasteiger charge is -2.17. The minimum absolute atomic E-state index is 0.221. The Morgan fingerprint density at radius 2 is 2.06 bits per heavy atom. The summed E-state index contributed by atoms with van der Waals surface area (Å²) in [5.41, 5.74) is 0.331. The van der Waals surface area contributed by atoms with Crippen molar-refractivity contribution in [2.45, 2.75) is 39.7 Å². The summed E-state index contributed by atoms with van der Waals surface area (Å²) in [7, 11) is 1.57. The van der Waals surface area contributed by atoms with Gasteiger partial charge in [0.25, 0.3) is 5.91 Å². The van der Waals surface area contributed by atoms with Crippen LogP contribution in [0.3, 0.4) is 0 Å². The van der Waals surface area contributed by atoms with Crippen LogP contribution in [0, 0.1) is 5.92 Å². The molecule has 1 rings (SSSR count). The topological polar surface area (TPSA) is 66.9 Å². The van der Waals surface area contributed by atoms with Crippen molar-refractivity contribution in [3.63, 3.8) is 0 Å². The second kappa shape index (κ2) is 6.93. The SMILES string of the molecule is CCC(C)CC(C)Nc1ccc(C(=O)NC)nn1. The van der Waals surface area contributed by atoms with Gasteiger partial charge < -0.3 is 10.6 Å². The maximum absolute atomic E-state index is 11.3. The summed E-state index contributed by atoms with van der Waals surface area (Å²) in [5.74, 6) is 1.17. The van der Waals surface area contributed by atoms with E-state index in [1.807, 2.05) is 0 Å². The molecule has 1 aromatic heterocycles. The van der Waals surface area contributed by atoms with Gasteiger partial charge in [-0.2, -0.15) is 0 Å². The Hall–Kier alpha value is -1.65. The van der Waals surface area contributed by atoms with Crippen LogP contribution in [-0.2, 0) is 0 Å². The molecule has 0 radical (unpaired) electrons. The Morgan fingerprint density at radius 1 is 1.33 bits per heavy atom. The molecule has 2 atom stereocenters. The van der Waals surface area contributed by atoms with E-state index in [1.165, 1.54) is 6.42 Å². The molecule has 0 fully saturated rings. The molecule has 2 unspecified atom stereocenters. The predicted molar refractivity (Wildman–Crippen MR) is 72.6 cm³/mol. The van der Waals surface area contributed by atoms with Gasteiger partial charge in [0, 0.05) is 13.1 Å². The van der Waals surface area contributed by atoms with Gasteiger partial charge in [0.15, 0.2) is 5.69 Å². The van der Waals surface area contributed by atoms with Gasteiger partial charge in [-0.25, -0.2) is 0 Å². The molecule has 0 spiro atoms. The molecule has 100 valence electrons. The molecular formula is C13H22N4O. The molecule has 0 aliphatic carbocycles. The molecule has 0 saturated carbocycles. The summed E-state index contributed by atoms with van der Waals surface area (Å²) in [4.78, 5) is 11.3. The highest BCUT2D eigenvalue weighted by molar-refractivity contribution is 5.91. The van der Waals surface area contributed by atoms with Gasteiger partial charge in [0.1, 0.15) is 5.82 Å². The zero-order valence-corrected chi connectivity index (χ0v) is 11.5. The van der Waals surface area contributed by atoms with Crippen LogP contribution in [-0.4, -0.2) is 29.2 Å². The number of aromatic nitrogens is 2. The Balaban J connectivity index is 2.55. The molecule has 1 heterocycles. The van der Waals surface area contributed by atoms with E-state index in [2.05, 4.69) is 41.6 Å². The lowest BCUT2D eigenvalue weighted by atomic mass is 10.0. The van der Waals surface area contributed by atoms with Crippen LogP contribution < -0.4 is 10.6 Å². The van der Waals surface area contributed by atoms with Gasteiger partial charge in [0.05, 0.1) is 0 Å². The van der Waals surface area contributed by atoms with Crippen molar-refractivity contribution in [3.8, 4) is 0 Å². The third-order valence-corrected chi connectivity index (χ3v) is 2.97. The van der Waals surface area contributed by atoms with Crippen LogP contribution in [0.25, 0.3) is 0 Å². The Morgan fingerprint density at radius 3 is 2.56 bits per heavy atom. The molecule has 0 aliphatic heterocycles. The average molecular weight is 250 g/mol. The third kappa shape index (κ3) is 4.31. The molecule has 0 bridgehead atoms. The lowest BCUT2D eigenvalue weighted by Crippen LogP contribution is -2.21. The summed E-state index contributed by atoms with van der Waals surface area (Å²) in [6.45, 7) is 6.55. The zero-order valence-electron chi connectivity index (χ0n) is 11.5. The van der Waals surface area contributed by atoms with Crippen molar-refractivity contribution in [1.82, 2.24) is 15.5 Å². The predicted octanol–water partition coefficient (Wildman–Crippen LogP) is 2.07. The van der Waals surface area contributed by atoms with Gasteiger partial charge in [-0.1, -0.05) is 20.3 Å². The monoisotopic (exact) mass is 250 g/mol. The minimum atomic E-state index is -0.221. The number of carbonyl (C=O) groups excluding carboxylic acids is 1. The van der Waals surface area contributed by atoms with Crippen LogP contribution >= 0.6 is 0 Å². The first-order valence-electron chi connectivity index (χ1n) is 6.39. The number of anilines is 1. The number of nitrogens with one attached hydrogen (secondary N) is 2. The number of nitrogens with zero attached hydrogens (tertiary/aromatic N) is 2. The van der Waals surface area contributed by atoms with Crippen molar-refractivity contribution >= 4 is 11.7 Å². The number of rotatable bonds is 6. The Bertz CT molecular complexity index is 377. The molecule has 5 heteroatoms. The molecule has 2 N–H and O–H groups in total. The van der Waals surface area contributed by atoms with E-state index >= 15 is 0 Å². The smallest absolute Gasteiger partial charge is 0.271 e. The van der Waals surface area contributed by atoms with E-state index in [1.54, 1.807) is 19.2 Å². The number of hydrogen-bond donors (Lipinski definition) is 2. The Kier molecular flexibility index (Phi) is 5.55. The van der Waals surface area contributed by atoms with E-state index < -0.39 is 0 Å². The first-order chi connectivity index (χ1) is 8.56. The first-order valence-corrected chi connectivity index (χ1v) is 6.39. The molecule has 0 aromatic carbocycles. The fourth-order valence-electron chi connectivity index (χ4n) is 1.74. The van der Waals surface area contributed by atoms with E-state index in [0.717, 1.165) is 6.42 Å². The van der Waals surface area contributed by atoms with Crippen LogP contribution in [0.2, 0.25) is 0 Å². The summed E-state index contributed by atoms with van der Waals surface area (Å²) in [6.07, 6.45) is 2.27. The van der Waals surface area contributed by atoms with E-state index in [4.69, 9.17) is 0 Å². The van der Waals surface area contributed by atoms with Gasteiger partial charge in [-0.3, -0.25) is 4.79 Å². The van der Waals surface area contributed by atoms with Crippen LogP contribution in [0.15, 0.2) is 12.1 Å². The number of hydrogen-bond acceptors (Lipinski definition) is 4. The van der Waals surface area contributed by atoms with Crippen molar-refractivity contribution in [1.29, 1.82) is 0 Å². The number of carbonyl (C=O) groups is 1. The van der Waals surface area contributed by atoms with E-state index in [0.29, 0.717) is 23.5 Å². The minimum Gasteiger partial charge on any atom is -0.366 e. The normalized spacial score (nSPS) is 13.8. The van der Waals surface area contributed by atoms with E-state index in [9.17, 15) is 4.79 Å².